The zero-order chi connectivity index (χ0) is 18.7. The third-order valence-electron chi connectivity index (χ3n) is 10.1. The summed E-state index contributed by atoms with van der Waals surface area (Å²) in [5.41, 5.74) is 0.915. The molecule has 26 heavy (non-hydrogen) atoms. The Labute approximate surface area is 161 Å². The van der Waals surface area contributed by atoms with Crippen molar-refractivity contribution in [3.05, 3.63) is 0 Å². The van der Waals surface area contributed by atoms with Crippen LogP contribution in [0.1, 0.15) is 79.1 Å². The van der Waals surface area contributed by atoms with Crippen molar-refractivity contribution in [2.45, 2.75) is 85.2 Å². The summed E-state index contributed by atoms with van der Waals surface area (Å²) in [5.74, 6) is 5.59. The molecule has 0 spiro atoms. The first-order valence-electron chi connectivity index (χ1n) is 11.5. The van der Waals surface area contributed by atoms with Gasteiger partial charge in [0.15, 0.2) is 0 Å². The summed E-state index contributed by atoms with van der Waals surface area (Å²) in [6, 6.07) is 0. The topological polar surface area (TPSA) is 29.5 Å². The lowest BCUT2D eigenvalue weighted by Crippen LogP contribution is -2.57. The number of hydrogen-bond donors (Lipinski definition) is 1. The van der Waals surface area contributed by atoms with E-state index in [4.69, 9.17) is 4.74 Å². The molecule has 150 valence electrons. The Bertz CT molecular complexity index is 516. The molecule has 0 aromatic rings. The summed E-state index contributed by atoms with van der Waals surface area (Å²) < 4.78 is 5.78. The number of methoxy groups -OCH3 is 1. The molecule has 10 unspecified atom stereocenters. The van der Waals surface area contributed by atoms with Crippen molar-refractivity contribution < 1.29 is 9.84 Å². The van der Waals surface area contributed by atoms with Crippen LogP contribution in [0.15, 0.2) is 0 Å². The zero-order valence-corrected chi connectivity index (χ0v) is 17.8. The van der Waals surface area contributed by atoms with Crippen molar-refractivity contribution in [1.82, 2.24) is 0 Å². The van der Waals surface area contributed by atoms with Gasteiger partial charge in [0.2, 0.25) is 0 Å². The Balaban J connectivity index is 1.68. The largest absolute Gasteiger partial charge is 0.393 e. The second-order valence-electron chi connectivity index (χ2n) is 11.3. The highest BCUT2D eigenvalue weighted by Crippen LogP contribution is 2.69. The number of hydrogen-bond acceptors (Lipinski definition) is 2. The Morgan fingerprint density at radius 2 is 1.69 bits per heavy atom. The maximum Gasteiger partial charge on any atom is 0.0545 e. The minimum Gasteiger partial charge on any atom is -0.393 e. The fourth-order valence-electron chi connectivity index (χ4n) is 8.86. The van der Waals surface area contributed by atoms with Crippen LogP contribution in [0, 0.1) is 52.3 Å². The quantitative estimate of drug-likeness (QED) is 0.715. The molecule has 0 aromatic heterocycles. The molecule has 4 fully saturated rings. The molecule has 0 saturated heterocycles. The van der Waals surface area contributed by atoms with Crippen LogP contribution in [-0.2, 0) is 4.74 Å². The maximum absolute atomic E-state index is 10.5. The lowest BCUT2D eigenvalue weighted by atomic mass is 9.42. The van der Waals surface area contributed by atoms with Gasteiger partial charge in [-0.1, -0.05) is 27.2 Å². The summed E-state index contributed by atoms with van der Waals surface area (Å²) in [6.07, 6.45) is 10.9. The van der Waals surface area contributed by atoms with Gasteiger partial charge in [-0.25, -0.2) is 0 Å². The fraction of sp³-hybridized carbons (Fsp3) is 1.00. The van der Waals surface area contributed by atoms with Crippen molar-refractivity contribution in [3.63, 3.8) is 0 Å². The van der Waals surface area contributed by atoms with Gasteiger partial charge in [-0.05, 0) is 104 Å². The summed E-state index contributed by atoms with van der Waals surface area (Å²) in [4.78, 5) is 0. The van der Waals surface area contributed by atoms with E-state index in [1.165, 1.54) is 51.4 Å². The SMILES string of the molecule is COCC1CC2CC(C)CCC2(C)C2CCC3(C)C(C(C)O)CCC3C12. The first kappa shape index (κ1) is 19.2. The Morgan fingerprint density at radius 1 is 1.00 bits per heavy atom. The molecular formula is C24H42O2. The molecule has 0 amide bonds. The van der Waals surface area contributed by atoms with Crippen molar-refractivity contribution in [2.75, 3.05) is 13.7 Å². The van der Waals surface area contributed by atoms with Crippen molar-refractivity contribution in [1.29, 1.82) is 0 Å². The Kier molecular flexibility index (Phi) is 5.01. The summed E-state index contributed by atoms with van der Waals surface area (Å²) in [6.45, 7) is 10.7. The lowest BCUT2D eigenvalue weighted by Gasteiger charge is -2.63. The average Bonchev–Trinajstić information content (AvgIpc) is 2.94. The molecule has 10 atom stereocenters. The van der Waals surface area contributed by atoms with Crippen LogP contribution < -0.4 is 0 Å². The minimum absolute atomic E-state index is 0.148. The maximum atomic E-state index is 10.5. The fourth-order valence-corrected chi connectivity index (χ4v) is 8.86. The Morgan fingerprint density at radius 3 is 2.38 bits per heavy atom. The van der Waals surface area contributed by atoms with Gasteiger partial charge in [0.05, 0.1) is 6.10 Å². The first-order valence-corrected chi connectivity index (χ1v) is 11.5. The number of aliphatic hydroxyl groups is 1. The second-order valence-corrected chi connectivity index (χ2v) is 11.3. The van der Waals surface area contributed by atoms with E-state index in [1.54, 1.807) is 0 Å². The van der Waals surface area contributed by atoms with Crippen molar-refractivity contribution in [3.8, 4) is 0 Å². The van der Waals surface area contributed by atoms with Gasteiger partial charge in [-0.15, -0.1) is 0 Å². The van der Waals surface area contributed by atoms with Gasteiger partial charge in [-0.2, -0.15) is 0 Å². The van der Waals surface area contributed by atoms with Gasteiger partial charge >= 0.3 is 0 Å². The summed E-state index contributed by atoms with van der Waals surface area (Å²) in [7, 11) is 1.90. The van der Waals surface area contributed by atoms with E-state index in [-0.39, 0.29) is 6.10 Å². The second kappa shape index (κ2) is 6.76. The lowest BCUT2D eigenvalue weighted by molar-refractivity contribution is -0.157. The van der Waals surface area contributed by atoms with E-state index in [0.29, 0.717) is 16.7 Å². The van der Waals surface area contributed by atoms with Crippen LogP contribution in [0.25, 0.3) is 0 Å². The van der Waals surface area contributed by atoms with Gasteiger partial charge in [-0.3, -0.25) is 0 Å². The van der Waals surface area contributed by atoms with Crippen LogP contribution in [0.3, 0.4) is 0 Å². The highest BCUT2D eigenvalue weighted by atomic mass is 16.5. The molecule has 0 aliphatic heterocycles. The molecule has 0 aromatic carbocycles. The first-order chi connectivity index (χ1) is 12.3. The third kappa shape index (κ3) is 2.72. The molecule has 4 aliphatic carbocycles. The molecule has 4 saturated carbocycles. The molecule has 0 heterocycles. The van der Waals surface area contributed by atoms with Gasteiger partial charge < -0.3 is 9.84 Å². The summed E-state index contributed by atoms with van der Waals surface area (Å²) in [5, 5.41) is 10.5. The van der Waals surface area contributed by atoms with E-state index >= 15 is 0 Å². The third-order valence-corrected chi connectivity index (χ3v) is 10.1. The number of fused-ring (bicyclic) bond motifs is 5. The van der Waals surface area contributed by atoms with E-state index in [1.807, 2.05) is 14.0 Å². The van der Waals surface area contributed by atoms with Crippen LogP contribution in [-0.4, -0.2) is 24.9 Å². The number of rotatable bonds is 3. The zero-order valence-electron chi connectivity index (χ0n) is 17.8. The average molecular weight is 363 g/mol. The van der Waals surface area contributed by atoms with Gasteiger partial charge in [0.1, 0.15) is 0 Å². The molecule has 2 heteroatoms. The minimum atomic E-state index is -0.148. The predicted octanol–water partition coefficient (Wildman–Crippen LogP) is 5.53. The van der Waals surface area contributed by atoms with Crippen LogP contribution in [0.2, 0.25) is 0 Å². The van der Waals surface area contributed by atoms with Crippen LogP contribution in [0.5, 0.6) is 0 Å². The van der Waals surface area contributed by atoms with Crippen molar-refractivity contribution in [2.24, 2.45) is 52.3 Å². The van der Waals surface area contributed by atoms with E-state index < -0.39 is 0 Å². The summed E-state index contributed by atoms with van der Waals surface area (Å²) >= 11 is 0. The van der Waals surface area contributed by atoms with E-state index in [0.717, 1.165) is 42.1 Å². The van der Waals surface area contributed by atoms with Crippen LogP contribution >= 0.6 is 0 Å². The molecule has 0 bridgehead atoms. The Hall–Kier alpha value is -0.0800. The van der Waals surface area contributed by atoms with Crippen LogP contribution in [0.4, 0.5) is 0 Å². The molecular weight excluding hydrogens is 320 g/mol. The highest BCUT2D eigenvalue weighted by molar-refractivity contribution is 5.11. The van der Waals surface area contributed by atoms with Gasteiger partial charge in [0.25, 0.3) is 0 Å². The molecule has 4 rings (SSSR count). The number of ether oxygens (including phenoxy) is 1. The molecule has 2 nitrogen and oxygen atoms in total. The van der Waals surface area contributed by atoms with Crippen molar-refractivity contribution >= 4 is 0 Å². The predicted molar refractivity (Wildman–Crippen MR) is 107 cm³/mol. The number of aliphatic hydroxyl groups excluding tert-OH is 1. The molecule has 0 radical (unpaired) electrons. The highest BCUT2D eigenvalue weighted by Gasteiger charge is 2.62. The van der Waals surface area contributed by atoms with E-state index in [2.05, 4.69) is 20.8 Å². The molecule has 4 aliphatic rings. The molecule has 1 N–H and O–H groups in total. The van der Waals surface area contributed by atoms with Gasteiger partial charge in [0, 0.05) is 13.7 Å². The van der Waals surface area contributed by atoms with E-state index in [9.17, 15) is 5.11 Å². The standard InChI is InChI=1S/C24H42O2/c1-15-8-10-23(3)18(12-15)13-17(14-26-5)22-20-7-6-19(16(2)25)24(20,4)11-9-21(22)23/h15-22,25H,6-14H2,1-5H3. The normalized spacial score (nSPS) is 54.9. The smallest absolute Gasteiger partial charge is 0.0545 e. The monoisotopic (exact) mass is 362 g/mol.